The maximum atomic E-state index is 13.5. The van der Waals surface area contributed by atoms with Crippen LogP contribution in [-0.2, 0) is 0 Å². The van der Waals surface area contributed by atoms with Crippen molar-refractivity contribution in [2.75, 3.05) is 0 Å². The molecule has 1 heterocycles. The van der Waals surface area contributed by atoms with Crippen LogP contribution in [0.15, 0.2) is 85.1 Å². The summed E-state index contributed by atoms with van der Waals surface area (Å²) in [5.74, 6) is -1.54. The highest BCUT2D eigenvalue weighted by molar-refractivity contribution is 6.08. The van der Waals surface area contributed by atoms with E-state index >= 15 is 0 Å². The molecule has 8 heteroatoms. The van der Waals surface area contributed by atoms with Gasteiger partial charge in [0.1, 0.15) is 11.6 Å². The lowest BCUT2D eigenvalue weighted by Gasteiger charge is -2.01. The molecule has 0 radical (unpaired) electrons. The van der Waals surface area contributed by atoms with Gasteiger partial charge in [0.05, 0.1) is 21.9 Å². The fraction of sp³-hybridized carbons (Fsp3) is 0. The Morgan fingerprint density at radius 3 is 2.47 bits per heavy atom. The number of aromatic nitrogens is 2. The molecule has 0 spiro atoms. The van der Waals surface area contributed by atoms with Crippen molar-refractivity contribution < 1.29 is 19.2 Å². The number of hydrogen-bond acceptors (Lipinski definition) is 5. The quantitative estimate of drug-likeness (QED) is 0.197. The molecule has 0 aliphatic heterocycles. The van der Waals surface area contributed by atoms with Crippen molar-refractivity contribution in [3.05, 3.63) is 112 Å². The van der Waals surface area contributed by atoms with Crippen LogP contribution >= 0.6 is 0 Å². The van der Waals surface area contributed by atoms with Crippen molar-refractivity contribution in [3.8, 4) is 22.7 Å². The number of nitro groups is 1. The Morgan fingerprint density at radius 1 is 1.06 bits per heavy atom. The van der Waals surface area contributed by atoms with E-state index in [1.165, 1.54) is 24.3 Å². The Kier molecular flexibility index (Phi) is 5.59. The van der Waals surface area contributed by atoms with Crippen molar-refractivity contribution >= 4 is 17.5 Å². The number of phenolic OH excluding ortho intramolecular Hbond substituents is 1. The molecule has 0 atom stereocenters. The van der Waals surface area contributed by atoms with Crippen molar-refractivity contribution in [2.45, 2.75) is 0 Å². The molecule has 158 valence electrons. The molecule has 7 nitrogen and oxygen atoms in total. The lowest BCUT2D eigenvalue weighted by atomic mass is 10.1. The molecule has 0 unspecified atom stereocenters. The van der Waals surface area contributed by atoms with E-state index < -0.39 is 16.5 Å². The first-order chi connectivity index (χ1) is 15.4. The molecule has 1 aromatic heterocycles. The number of carbonyl (C=O) groups excluding carboxylic acids is 1. The van der Waals surface area contributed by atoms with Crippen LogP contribution < -0.4 is 0 Å². The Hall–Kier alpha value is -4.59. The molecule has 0 amide bonds. The summed E-state index contributed by atoms with van der Waals surface area (Å²) in [5.41, 5.74) is 2.25. The van der Waals surface area contributed by atoms with E-state index in [1.807, 2.05) is 30.3 Å². The number of allylic oxidation sites excluding steroid dienone is 1. The molecule has 0 saturated carbocycles. The zero-order valence-corrected chi connectivity index (χ0v) is 16.6. The second-order valence-electron chi connectivity index (χ2n) is 6.88. The molecule has 4 rings (SSSR count). The van der Waals surface area contributed by atoms with Gasteiger partial charge >= 0.3 is 0 Å². The van der Waals surface area contributed by atoms with Crippen molar-refractivity contribution in [1.29, 1.82) is 0 Å². The summed E-state index contributed by atoms with van der Waals surface area (Å²) in [7, 11) is 0. The number of nitro benzene ring substituents is 1. The summed E-state index contributed by atoms with van der Waals surface area (Å²) in [6.07, 6.45) is 4.44. The molecule has 32 heavy (non-hydrogen) atoms. The molecule has 0 aliphatic rings. The van der Waals surface area contributed by atoms with Crippen LogP contribution in [0.4, 0.5) is 10.1 Å². The molecular weight excluding hydrogens is 413 g/mol. The number of para-hydroxylation sites is 1. The lowest BCUT2D eigenvalue weighted by Crippen LogP contribution is -1.96. The van der Waals surface area contributed by atoms with Crippen LogP contribution in [0, 0.1) is 15.9 Å². The molecule has 1 N–H and O–H groups in total. The van der Waals surface area contributed by atoms with Gasteiger partial charge in [0, 0.05) is 29.5 Å². The van der Waals surface area contributed by atoms with Crippen LogP contribution in [0.3, 0.4) is 0 Å². The Balaban J connectivity index is 1.75. The van der Waals surface area contributed by atoms with Crippen LogP contribution in [0.5, 0.6) is 5.75 Å². The summed E-state index contributed by atoms with van der Waals surface area (Å²) in [6, 6.07) is 18.3. The third-order valence-corrected chi connectivity index (χ3v) is 4.75. The molecule has 0 bridgehead atoms. The van der Waals surface area contributed by atoms with Crippen molar-refractivity contribution in [2.24, 2.45) is 0 Å². The summed E-state index contributed by atoms with van der Waals surface area (Å²) in [5, 5.41) is 25.4. The zero-order chi connectivity index (χ0) is 22.7. The van der Waals surface area contributed by atoms with E-state index in [-0.39, 0.29) is 17.0 Å². The number of benzene rings is 3. The number of carbonyl (C=O) groups is 1. The van der Waals surface area contributed by atoms with E-state index in [4.69, 9.17) is 0 Å². The number of nitrogens with zero attached hydrogens (tertiary/aromatic N) is 3. The Morgan fingerprint density at radius 2 is 1.78 bits per heavy atom. The highest BCUT2D eigenvalue weighted by Gasteiger charge is 2.14. The molecule has 4 aromatic rings. The van der Waals surface area contributed by atoms with Crippen molar-refractivity contribution in [3.63, 3.8) is 0 Å². The third kappa shape index (κ3) is 4.29. The van der Waals surface area contributed by atoms with Gasteiger partial charge in [-0.3, -0.25) is 14.9 Å². The van der Waals surface area contributed by atoms with Crippen LogP contribution in [-0.4, -0.2) is 25.6 Å². The smallest absolute Gasteiger partial charge is 0.269 e. The number of rotatable bonds is 6. The Bertz CT molecular complexity index is 1330. The molecule has 0 fully saturated rings. The first-order valence-electron chi connectivity index (χ1n) is 9.53. The number of halogens is 1. The van der Waals surface area contributed by atoms with Gasteiger partial charge in [-0.05, 0) is 54.6 Å². The minimum absolute atomic E-state index is 0.0508. The highest BCUT2D eigenvalue weighted by atomic mass is 19.1. The minimum Gasteiger partial charge on any atom is -0.507 e. The molecular formula is C24H16FN3O4. The highest BCUT2D eigenvalue weighted by Crippen LogP contribution is 2.27. The van der Waals surface area contributed by atoms with Gasteiger partial charge in [-0.15, -0.1) is 0 Å². The fourth-order valence-corrected chi connectivity index (χ4v) is 3.15. The van der Waals surface area contributed by atoms with E-state index in [0.29, 0.717) is 16.8 Å². The first kappa shape index (κ1) is 20.7. The van der Waals surface area contributed by atoms with Gasteiger partial charge in [0.25, 0.3) is 5.69 Å². The molecule has 0 saturated heterocycles. The zero-order valence-electron chi connectivity index (χ0n) is 16.6. The van der Waals surface area contributed by atoms with Crippen molar-refractivity contribution in [1.82, 2.24) is 9.78 Å². The van der Waals surface area contributed by atoms with Gasteiger partial charge < -0.3 is 5.11 Å². The first-order valence-corrected chi connectivity index (χ1v) is 9.53. The maximum Gasteiger partial charge on any atom is 0.269 e. The van der Waals surface area contributed by atoms with Crippen LogP contribution in [0.2, 0.25) is 0 Å². The van der Waals surface area contributed by atoms with Gasteiger partial charge in [-0.2, -0.15) is 5.10 Å². The predicted octanol–water partition coefficient (Wildman–Crippen LogP) is 5.19. The number of hydrogen-bond donors (Lipinski definition) is 1. The van der Waals surface area contributed by atoms with E-state index in [9.17, 15) is 24.4 Å². The second-order valence-corrected chi connectivity index (χ2v) is 6.88. The third-order valence-electron chi connectivity index (χ3n) is 4.75. The Labute approximate surface area is 181 Å². The summed E-state index contributed by atoms with van der Waals surface area (Å²) in [4.78, 5) is 23.0. The van der Waals surface area contributed by atoms with Crippen LogP contribution in [0.25, 0.3) is 23.0 Å². The standard InChI is InChI=1S/C24H16FN3O4/c25-18-9-13-23(30)21(14-18)22(29)12-8-17-15-27(19-4-2-1-3-5-19)26-24(17)16-6-10-20(11-7-16)28(31)32/h1-15,30H/b12-8+. The monoisotopic (exact) mass is 429 g/mol. The predicted molar refractivity (Wildman–Crippen MR) is 117 cm³/mol. The van der Waals surface area contributed by atoms with Crippen LogP contribution in [0.1, 0.15) is 15.9 Å². The topological polar surface area (TPSA) is 98.3 Å². The van der Waals surface area contributed by atoms with E-state index in [1.54, 1.807) is 23.0 Å². The van der Waals surface area contributed by atoms with E-state index in [0.717, 1.165) is 23.9 Å². The maximum absolute atomic E-state index is 13.5. The molecule has 3 aromatic carbocycles. The minimum atomic E-state index is -0.636. The number of aromatic hydroxyl groups is 1. The number of ketones is 1. The number of non-ortho nitro benzene ring substituents is 1. The average molecular weight is 429 g/mol. The fourth-order valence-electron chi connectivity index (χ4n) is 3.15. The van der Waals surface area contributed by atoms with E-state index in [2.05, 4.69) is 5.10 Å². The summed E-state index contributed by atoms with van der Waals surface area (Å²) >= 11 is 0. The average Bonchev–Trinajstić information content (AvgIpc) is 3.24. The molecule has 0 aliphatic carbocycles. The normalized spacial score (nSPS) is 11.0. The second kappa shape index (κ2) is 8.65. The van der Waals surface area contributed by atoms with Gasteiger partial charge in [0.2, 0.25) is 0 Å². The summed E-state index contributed by atoms with van der Waals surface area (Å²) in [6.45, 7) is 0. The number of phenols is 1. The van der Waals surface area contributed by atoms with Gasteiger partial charge in [-0.25, -0.2) is 9.07 Å². The van der Waals surface area contributed by atoms with Gasteiger partial charge in [0.15, 0.2) is 5.78 Å². The summed E-state index contributed by atoms with van der Waals surface area (Å²) < 4.78 is 15.1. The lowest BCUT2D eigenvalue weighted by molar-refractivity contribution is -0.384. The SMILES string of the molecule is O=C(/C=C/c1cn(-c2ccccc2)nc1-c1ccc([N+](=O)[O-])cc1)c1cc(F)ccc1O. The van der Waals surface area contributed by atoms with Gasteiger partial charge in [-0.1, -0.05) is 18.2 Å². The largest absolute Gasteiger partial charge is 0.507 e.